The van der Waals surface area contributed by atoms with Crippen molar-refractivity contribution in [1.29, 1.82) is 0 Å². The quantitative estimate of drug-likeness (QED) is 0.200. The van der Waals surface area contributed by atoms with Gasteiger partial charge in [-0.05, 0) is 36.6 Å². The Labute approximate surface area is 208 Å². The molecule has 2 aromatic rings. The van der Waals surface area contributed by atoms with Gasteiger partial charge in [-0.25, -0.2) is 4.79 Å². The molecule has 0 aliphatic carbocycles. The topological polar surface area (TPSA) is 171 Å². The lowest BCUT2D eigenvalue weighted by Crippen LogP contribution is -2.57. The van der Waals surface area contributed by atoms with Crippen LogP contribution in [0.25, 0.3) is 0 Å². The number of hydrogen-bond donors (Lipinski definition) is 7. The molecule has 0 aromatic heterocycles. The van der Waals surface area contributed by atoms with Crippen LogP contribution in [0.4, 0.5) is 0 Å². The van der Waals surface area contributed by atoms with Gasteiger partial charge in [-0.15, -0.1) is 0 Å². The highest BCUT2D eigenvalue weighted by atomic mass is 32.1. The Morgan fingerprint density at radius 3 is 1.97 bits per heavy atom. The monoisotopic (exact) mass is 502 g/mol. The lowest BCUT2D eigenvalue weighted by molar-refractivity contribution is -0.142. The first-order chi connectivity index (χ1) is 16.6. The maximum atomic E-state index is 12.6. The maximum Gasteiger partial charge on any atom is 0.326 e. The Bertz CT molecular complexity index is 1020. The van der Waals surface area contributed by atoms with Gasteiger partial charge in [0, 0.05) is 12.2 Å². The number of aliphatic carboxylic acids is 1. The lowest BCUT2D eigenvalue weighted by Gasteiger charge is -2.22. The van der Waals surface area contributed by atoms with Crippen molar-refractivity contribution < 1.29 is 29.4 Å². The Hall–Kier alpha value is -3.57. The number of nitrogens with two attached hydrogens (primary N) is 1. The van der Waals surface area contributed by atoms with Gasteiger partial charge in [-0.3, -0.25) is 14.4 Å². The number of benzene rings is 2. The standard InChI is InChI=1S/C24H30N4O6S/c1-14(21(30)27-19(24(33)34)12-15-5-3-2-4-6-15)26-23(32)20(13-35)28-22(31)18(25)11-16-7-9-17(29)10-8-16/h2-10,14,18-20,29,35H,11-13,25H2,1H3,(H,26,32)(H,27,30)(H,28,31)(H,33,34). The molecule has 0 spiro atoms. The molecule has 2 rings (SSSR count). The van der Waals surface area contributed by atoms with E-state index in [9.17, 15) is 29.4 Å². The van der Waals surface area contributed by atoms with E-state index >= 15 is 0 Å². The second-order valence-corrected chi connectivity index (χ2v) is 8.41. The summed E-state index contributed by atoms with van der Waals surface area (Å²) < 4.78 is 0. The van der Waals surface area contributed by atoms with Crippen LogP contribution in [0, 0.1) is 0 Å². The molecule has 0 radical (unpaired) electrons. The number of phenolic OH excluding ortho intramolecular Hbond substituents is 1. The largest absolute Gasteiger partial charge is 0.508 e. The molecule has 0 aliphatic rings. The van der Waals surface area contributed by atoms with Gasteiger partial charge < -0.3 is 31.9 Å². The summed E-state index contributed by atoms with van der Waals surface area (Å²) in [4.78, 5) is 49.2. The average Bonchev–Trinajstić information content (AvgIpc) is 2.83. The predicted octanol–water partition coefficient (Wildman–Crippen LogP) is -0.00660. The highest BCUT2D eigenvalue weighted by Gasteiger charge is 2.28. The fraction of sp³-hybridized carbons (Fsp3) is 0.333. The molecule has 7 N–H and O–H groups in total. The van der Waals surface area contributed by atoms with Gasteiger partial charge in [0.2, 0.25) is 17.7 Å². The Kier molecular flexibility index (Phi) is 10.6. The van der Waals surface area contributed by atoms with Crippen LogP contribution in [0.1, 0.15) is 18.1 Å². The molecule has 35 heavy (non-hydrogen) atoms. The minimum atomic E-state index is -1.20. The maximum absolute atomic E-state index is 12.6. The van der Waals surface area contributed by atoms with Gasteiger partial charge in [0.15, 0.2) is 0 Å². The van der Waals surface area contributed by atoms with E-state index in [1.165, 1.54) is 19.1 Å². The van der Waals surface area contributed by atoms with Crippen molar-refractivity contribution in [1.82, 2.24) is 16.0 Å². The first-order valence-corrected chi connectivity index (χ1v) is 11.6. The Morgan fingerprint density at radius 1 is 0.829 bits per heavy atom. The zero-order valence-corrected chi connectivity index (χ0v) is 20.1. The van der Waals surface area contributed by atoms with Gasteiger partial charge in [-0.2, -0.15) is 12.6 Å². The molecule has 188 valence electrons. The zero-order chi connectivity index (χ0) is 26.0. The number of hydrogen-bond acceptors (Lipinski definition) is 7. The van der Waals surface area contributed by atoms with Crippen molar-refractivity contribution in [2.45, 2.75) is 43.9 Å². The van der Waals surface area contributed by atoms with Crippen LogP contribution in [0.5, 0.6) is 5.75 Å². The van der Waals surface area contributed by atoms with Crippen molar-refractivity contribution in [2.24, 2.45) is 5.73 Å². The summed E-state index contributed by atoms with van der Waals surface area (Å²) in [6.45, 7) is 1.41. The van der Waals surface area contributed by atoms with Gasteiger partial charge >= 0.3 is 5.97 Å². The molecular formula is C24H30N4O6S. The normalized spacial score (nSPS) is 14.1. The number of thiol groups is 1. The molecule has 2 aromatic carbocycles. The number of amides is 3. The second kappa shape index (κ2) is 13.4. The number of carbonyl (C=O) groups is 4. The summed E-state index contributed by atoms with van der Waals surface area (Å²) in [5.41, 5.74) is 7.40. The van der Waals surface area contributed by atoms with Gasteiger partial charge in [0.1, 0.15) is 23.9 Å². The van der Waals surface area contributed by atoms with E-state index in [-0.39, 0.29) is 24.3 Å². The average molecular weight is 503 g/mol. The highest BCUT2D eigenvalue weighted by Crippen LogP contribution is 2.11. The number of carbonyl (C=O) groups excluding carboxylic acids is 3. The van der Waals surface area contributed by atoms with Crippen LogP contribution in [0.3, 0.4) is 0 Å². The highest BCUT2D eigenvalue weighted by molar-refractivity contribution is 7.80. The summed E-state index contributed by atoms with van der Waals surface area (Å²) in [7, 11) is 0. The predicted molar refractivity (Wildman–Crippen MR) is 133 cm³/mol. The summed E-state index contributed by atoms with van der Waals surface area (Å²) >= 11 is 4.10. The third-order valence-electron chi connectivity index (χ3n) is 5.19. The van der Waals surface area contributed by atoms with Crippen LogP contribution in [0.15, 0.2) is 54.6 Å². The van der Waals surface area contributed by atoms with E-state index in [1.54, 1.807) is 42.5 Å². The van der Waals surface area contributed by atoms with E-state index in [0.29, 0.717) is 0 Å². The molecule has 3 amide bonds. The first kappa shape index (κ1) is 27.7. The number of phenols is 1. The summed E-state index contributed by atoms with van der Waals surface area (Å²) in [5, 5.41) is 26.2. The summed E-state index contributed by atoms with van der Waals surface area (Å²) in [6.07, 6.45) is 0.265. The van der Waals surface area contributed by atoms with E-state index in [1.807, 2.05) is 0 Å². The second-order valence-electron chi connectivity index (χ2n) is 8.04. The zero-order valence-electron chi connectivity index (χ0n) is 19.2. The third kappa shape index (κ3) is 8.95. The van der Waals surface area contributed by atoms with Crippen LogP contribution < -0.4 is 21.7 Å². The molecule has 0 aliphatic heterocycles. The molecule has 0 saturated heterocycles. The Morgan fingerprint density at radius 2 is 1.40 bits per heavy atom. The summed E-state index contributed by atoms with van der Waals surface area (Å²) in [5.74, 6) is -3.10. The minimum absolute atomic E-state index is 0.0520. The number of carboxylic acids is 1. The molecule has 4 unspecified atom stereocenters. The fourth-order valence-corrected chi connectivity index (χ4v) is 3.43. The number of nitrogens with one attached hydrogen (secondary N) is 3. The summed E-state index contributed by atoms with van der Waals surface area (Å²) in [6, 6.07) is 10.8. The van der Waals surface area contributed by atoms with Crippen molar-refractivity contribution >= 4 is 36.3 Å². The molecule has 11 heteroatoms. The molecule has 0 heterocycles. The van der Waals surface area contributed by atoms with E-state index in [4.69, 9.17) is 5.73 Å². The first-order valence-electron chi connectivity index (χ1n) is 10.9. The molecule has 4 atom stereocenters. The fourth-order valence-electron chi connectivity index (χ4n) is 3.18. The number of aromatic hydroxyl groups is 1. The van der Waals surface area contributed by atoms with Gasteiger partial charge in [0.05, 0.1) is 6.04 Å². The molecule has 10 nitrogen and oxygen atoms in total. The minimum Gasteiger partial charge on any atom is -0.508 e. The lowest BCUT2D eigenvalue weighted by atomic mass is 10.1. The van der Waals surface area contributed by atoms with Crippen molar-refractivity contribution in [3.63, 3.8) is 0 Å². The smallest absolute Gasteiger partial charge is 0.326 e. The van der Waals surface area contributed by atoms with Gasteiger partial charge in [-0.1, -0.05) is 42.5 Å². The Balaban J connectivity index is 1.90. The SMILES string of the molecule is CC(NC(=O)C(CS)NC(=O)C(N)Cc1ccc(O)cc1)C(=O)NC(Cc1ccccc1)C(=O)O. The molecule has 0 saturated carbocycles. The molecule has 0 fully saturated rings. The van der Waals surface area contributed by atoms with Gasteiger partial charge in [0.25, 0.3) is 0 Å². The number of carboxylic acid groups (broad SMARTS) is 1. The third-order valence-corrected chi connectivity index (χ3v) is 5.56. The van der Waals surface area contributed by atoms with E-state index in [0.717, 1.165) is 11.1 Å². The number of rotatable bonds is 12. The van der Waals surface area contributed by atoms with E-state index < -0.39 is 47.9 Å². The van der Waals surface area contributed by atoms with Crippen molar-refractivity contribution in [3.8, 4) is 5.75 Å². The van der Waals surface area contributed by atoms with Crippen LogP contribution in [-0.2, 0) is 32.0 Å². The van der Waals surface area contributed by atoms with E-state index in [2.05, 4.69) is 28.6 Å². The van der Waals surface area contributed by atoms with Crippen molar-refractivity contribution in [2.75, 3.05) is 5.75 Å². The molecule has 0 bridgehead atoms. The van der Waals surface area contributed by atoms with Crippen LogP contribution in [0.2, 0.25) is 0 Å². The van der Waals surface area contributed by atoms with Crippen molar-refractivity contribution in [3.05, 3.63) is 65.7 Å². The van der Waals surface area contributed by atoms with Crippen LogP contribution >= 0.6 is 12.6 Å². The van der Waals surface area contributed by atoms with Crippen LogP contribution in [-0.4, -0.2) is 63.8 Å². The molecular weight excluding hydrogens is 472 g/mol.